The molecule has 3 aromatic rings. The van der Waals surface area contributed by atoms with Crippen LogP contribution >= 0.6 is 0 Å². The molecule has 0 radical (unpaired) electrons. The van der Waals surface area contributed by atoms with Crippen LogP contribution < -0.4 is 0 Å². The summed E-state index contributed by atoms with van der Waals surface area (Å²) in [5.41, 5.74) is 3.28. The quantitative estimate of drug-likeness (QED) is 0.715. The van der Waals surface area contributed by atoms with E-state index in [1.54, 1.807) is 12.3 Å². The first-order chi connectivity index (χ1) is 11.1. The summed E-state index contributed by atoms with van der Waals surface area (Å²) in [6.07, 6.45) is 3.68. The third-order valence-corrected chi connectivity index (χ3v) is 3.67. The predicted molar refractivity (Wildman–Crippen MR) is 90.6 cm³/mol. The maximum absolute atomic E-state index is 13.4. The van der Waals surface area contributed by atoms with E-state index < -0.39 is 0 Å². The van der Waals surface area contributed by atoms with Gasteiger partial charge in [-0.2, -0.15) is 0 Å². The Bertz CT molecular complexity index is 775. The van der Waals surface area contributed by atoms with Gasteiger partial charge in [-0.05, 0) is 37.4 Å². The van der Waals surface area contributed by atoms with Crippen LogP contribution in [0.2, 0.25) is 0 Å². The summed E-state index contributed by atoms with van der Waals surface area (Å²) in [4.78, 5) is 6.52. The standard InChI is InChI=1S/C19H20FN3/c1-22(2)13-15-6-8-16(9-7-15)14-23-11-10-21-19(23)17-4-3-5-18(20)12-17/h3-12H,13-14H2,1-2H3. The number of rotatable bonds is 5. The van der Waals surface area contributed by atoms with E-state index in [1.165, 1.54) is 23.3 Å². The van der Waals surface area contributed by atoms with Crippen LogP contribution in [0, 0.1) is 5.82 Å². The number of aromatic nitrogens is 2. The second-order valence-corrected chi connectivity index (χ2v) is 5.94. The minimum atomic E-state index is -0.245. The molecule has 0 aliphatic carbocycles. The highest BCUT2D eigenvalue weighted by Crippen LogP contribution is 2.19. The minimum Gasteiger partial charge on any atom is -0.327 e. The van der Waals surface area contributed by atoms with Crippen molar-refractivity contribution in [2.75, 3.05) is 14.1 Å². The Balaban J connectivity index is 1.80. The summed E-state index contributed by atoms with van der Waals surface area (Å²) in [6, 6.07) is 15.1. The maximum Gasteiger partial charge on any atom is 0.140 e. The molecule has 118 valence electrons. The second kappa shape index (κ2) is 6.75. The molecule has 1 aromatic heterocycles. The van der Waals surface area contributed by atoms with E-state index in [9.17, 15) is 4.39 Å². The Kier molecular flexibility index (Phi) is 4.53. The lowest BCUT2D eigenvalue weighted by Crippen LogP contribution is -2.10. The van der Waals surface area contributed by atoms with E-state index >= 15 is 0 Å². The molecular formula is C19H20FN3. The smallest absolute Gasteiger partial charge is 0.140 e. The van der Waals surface area contributed by atoms with Gasteiger partial charge in [0.05, 0.1) is 0 Å². The molecule has 0 N–H and O–H groups in total. The van der Waals surface area contributed by atoms with Gasteiger partial charge in [-0.1, -0.05) is 36.4 Å². The maximum atomic E-state index is 13.4. The fraction of sp³-hybridized carbons (Fsp3) is 0.211. The van der Waals surface area contributed by atoms with Crippen molar-refractivity contribution in [1.29, 1.82) is 0 Å². The highest BCUT2D eigenvalue weighted by molar-refractivity contribution is 5.55. The van der Waals surface area contributed by atoms with Crippen molar-refractivity contribution in [3.63, 3.8) is 0 Å². The zero-order chi connectivity index (χ0) is 16.2. The third kappa shape index (κ3) is 3.85. The molecule has 0 amide bonds. The molecule has 0 aliphatic rings. The van der Waals surface area contributed by atoms with Gasteiger partial charge in [-0.3, -0.25) is 0 Å². The topological polar surface area (TPSA) is 21.1 Å². The molecule has 23 heavy (non-hydrogen) atoms. The van der Waals surface area contributed by atoms with Gasteiger partial charge in [0.1, 0.15) is 11.6 Å². The average molecular weight is 309 g/mol. The predicted octanol–water partition coefficient (Wildman–Crippen LogP) is 3.80. The number of hydrogen-bond acceptors (Lipinski definition) is 2. The zero-order valence-electron chi connectivity index (χ0n) is 13.4. The van der Waals surface area contributed by atoms with Crippen molar-refractivity contribution < 1.29 is 4.39 Å². The highest BCUT2D eigenvalue weighted by Gasteiger charge is 2.07. The molecule has 3 nitrogen and oxygen atoms in total. The Morgan fingerprint density at radius 2 is 1.78 bits per heavy atom. The van der Waals surface area contributed by atoms with Gasteiger partial charge >= 0.3 is 0 Å². The van der Waals surface area contributed by atoms with E-state index in [0.717, 1.165) is 17.9 Å². The Labute approximate surface area is 136 Å². The average Bonchev–Trinajstić information content (AvgIpc) is 2.97. The molecule has 0 fully saturated rings. The molecule has 4 heteroatoms. The van der Waals surface area contributed by atoms with Crippen molar-refractivity contribution in [1.82, 2.24) is 14.5 Å². The van der Waals surface area contributed by atoms with Crippen LogP contribution in [0.5, 0.6) is 0 Å². The number of nitrogens with zero attached hydrogens (tertiary/aromatic N) is 3. The minimum absolute atomic E-state index is 0.245. The van der Waals surface area contributed by atoms with Crippen LogP contribution in [0.3, 0.4) is 0 Å². The van der Waals surface area contributed by atoms with Crippen molar-refractivity contribution in [2.24, 2.45) is 0 Å². The van der Waals surface area contributed by atoms with Crippen LogP contribution in [-0.4, -0.2) is 28.5 Å². The number of benzene rings is 2. The number of hydrogen-bond donors (Lipinski definition) is 0. The molecule has 1 heterocycles. The van der Waals surface area contributed by atoms with E-state index in [1.807, 2.05) is 16.8 Å². The lowest BCUT2D eigenvalue weighted by atomic mass is 10.1. The number of imidazole rings is 1. The normalized spacial score (nSPS) is 11.1. The van der Waals surface area contributed by atoms with E-state index in [4.69, 9.17) is 0 Å². The van der Waals surface area contributed by atoms with Gasteiger partial charge in [0, 0.05) is 31.0 Å². The van der Waals surface area contributed by atoms with Crippen LogP contribution in [0.15, 0.2) is 60.9 Å². The monoisotopic (exact) mass is 309 g/mol. The van der Waals surface area contributed by atoms with Gasteiger partial charge in [0.15, 0.2) is 0 Å². The molecule has 2 aromatic carbocycles. The molecule has 0 saturated heterocycles. The zero-order valence-corrected chi connectivity index (χ0v) is 13.4. The van der Waals surface area contributed by atoms with Crippen molar-refractivity contribution in [3.05, 3.63) is 77.9 Å². The lowest BCUT2D eigenvalue weighted by Gasteiger charge is -2.11. The van der Waals surface area contributed by atoms with Crippen LogP contribution in [0.1, 0.15) is 11.1 Å². The van der Waals surface area contributed by atoms with Crippen LogP contribution in [0.25, 0.3) is 11.4 Å². The highest BCUT2D eigenvalue weighted by atomic mass is 19.1. The molecule has 0 spiro atoms. The summed E-state index contributed by atoms with van der Waals surface area (Å²) < 4.78 is 15.5. The van der Waals surface area contributed by atoms with E-state index in [0.29, 0.717) is 6.54 Å². The van der Waals surface area contributed by atoms with Gasteiger partial charge in [-0.25, -0.2) is 9.37 Å². The first-order valence-electron chi connectivity index (χ1n) is 7.61. The Morgan fingerprint density at radius 3 is 2.48 bits per heavy atom. The summed E-state index contributed by atoms with van der Waals surface area (Å²) in [5.74, 6) is 0.534. The Morgan fingerprint density at radius 1 is 1.04 bits per heavy atom. The summed E-state index contributed by atoms with van der Waals surface area (Å²) in [7, 11) is 4.12. The summed E-state index contributed by atoms with van der Waals surface area (Å²) >= 11 is 0. The first-order valence-corrected chi connectivity index (χ1v) is 7.61. The van der Waals surface area contributed by atoms with Crippen molar-refractivity contribution in [2.45, 2.75) is 13.1 Å². The van der Waals surface area contributed by atoms with E-state index in [-0.39, 0.29) is 5.82 Å². The van der Waals surface area contributed by atoms with E-state index in [2.05, 4.69) is 48.2 Å². The summed E-state index contributed by atoms with van der Waals surface area (Å²) in [6.45, 7) is 1.65. The SMILES string of the molecule is CN(C)Cc1ccc(Cn2ccnc2-c2cccc(F)c2)cc1. The van der Waals surface area contributed by atoms with Crippen LogP contribution in [-0.2, 0) is 13.1 Å². The number of halogens is 1. The van der Waals surface area contributed by atoms with Gasteiger partial charge in [-0.15, -0.1) is 0 Å². The van der Waals surface area contributed by atoms with Gasteiger partial charge in [0.2, 0.25) is 0 Å². The van der Waals surface area contributed by atoms with Crippen LogP contribution in [0.4, 0.5) is 4.39 Å². The Hall–Kier alpha value is -2.46. The van der Waals surface area contributed by atoms with Gasteiger partial charge < -0.3 is 9.47 Å². The fourth-order valence-electron chi connectivity index (χ4n) is 2.64. The largest absolute Gasteiger partial charge is 0.327 e. The molecular weight excluding hydrogens is 289 g/mol. The first kappa shape index (κ1) is 15.4. The fourth-order valence-corrected chi connectivity index (χ4v) is 2.64. The third-order valence-electron chi connectivity index (χ3n) is 3.67. The second-order valence-electron chi connectivity index (χ2n) is 5.94. The molecule has 0 saturated carbocycles. The molecule has 0 unspecified atom stereocenters. The van der Waals surface area contributed by atoms with Crippen molar-refractivity contribution in [3.8, 4) is 11.4 Å². The van der Waals surface area contributed by atoms with Crippen molar-refractivity contribution >= 4 is 0 Å². The molecule has 0 atom stereocenters. The summed E-state index contributed by atoms with van der Waals surface area (Å²) in [5, 5.41) is 0. The van der Waals surface area contributed by atoms with Gasteiger partial charge in [0.25, 0.3) is 0 Å². The lowest BCUT2D eigenvalue weighted by molar-refractivity contribution is 0.402. The molecule has 0 bridgehead atoms. The molecule has 0 aliphatic heterocycles. The molecule has 3 rings (SSSR count).